The minimum Gasteiger partial charge on any atom is -0.464 e. The summed E-state index contributed by atoms with van der Waals surface area (Å²) in [5, 5.41) is 0.838. The van der Waals surface area contributed by atoms with E-state index in [4.69, 9.17) is 4.42 Å². The fraction of sp³-hybridized carbons (Fsp3) is 0. The van der Waals surface area contributed by atoms with Crippen molar-refractivity contribution in [1.82, 2.24) is 4.98 Å². The smallest absolute Gasteiger partial charge is 0.189 e. The highest BCUT2D eigenvalue weighted by Gasteiger charge is 2.09. The standard InChI is InChI=1S/C18H13NO2/c20-17(7-3-1-5-14-9-11-19-12-10-14)16-13-21-18-8-4-2-6-15(16)18/h1-13H/b5-1+,7-3+. The van der Waals surface area contributed by atoms with Crippen LogP contribution in [0.2, 0.25) is 0 Å². The zero-order chi connectivity index (χ0) is 14.5. The quantitative estimate of drug-likeness (QED) is 0.405. The van der Waals surface area contributed by atoms with Gasteiger partial charge in [-0.05, 0) is 29.8 Å². The molecule has 3 nitrogen and oxygen atoms in total. The molecule has 102 valence electrons. The Morgan fingerprint density at radius 2 is 1.86 bits per heavy atom. The summed E-state index contributed by atoms with van der Waals surface area (Å²) in [6, 6.07) is 11.3. The van der Waals surface area contributed by atoms with Crippen LogP contribution in [0.1, 0.15) is 15.9 Å². The van der Waals surface area contributed by atoms with Crippen LogP contribution in [0.5, 0.6) is 0 Å². The zero-order valence-corrected chi connectivity index (χ0v) is 11.3. The minimum atomic E-state index is -0.0701. The molecule has 0 N–H and O–H groups in total. The van der Waals surface area contributed by atoms with E-state index in [0.717, 1.165) is 16.5 Å². The molecule has 21 heavy (non-hydrogen) atoms. The molecule has 0 radical (unpaired) electrons. The third-order valence-corrected chi connectivity index (χ3v) is 3.10. The second-order valence-electron chi connectivity index (χ2n) is 4.51. The van der Waals surface area contributed by atoms with Crippen LogP contribution in [-0.4, -0.2) is 10.8 Å². The lowest BCUT2D eigenvalue weighted by atomic mass is 10.1. The van der Waals surface area contributed by atoms with Crippen LogP contribution in [0.15, 0.2) is 77.7 Å². The predicted molar refractivity (Wildman–Crippen MR) is 83.0 cm³/mol. The fourth-order valence-electron chi connectivity index (χ4n) is 2.04. The number of furan rings is 1. The van der Waals surface area contributed by atoms with E-state index in [9.17, 15) is 4.79 Å². The molecule has 3 heteroatoms. The number of rotatable bonds is 4. The molecule has 3 aromatic rings. The molecule has 0 aliphatic rings. The maximum absolute atomic E-state index is 12.1. The van der Waals surface area contributed by atoms with Crippen molar-refractivity contribution in [3.63, 3.8) is 0 Å². The molecule has 0 saturated carbocycles. The molecule has 0 aliphatic heterocycles. The number of ketones is 1. The Labute approximate surface area is 122 Å². The number of hydrogen-bond acceptors (Lipinski definition) is 3. The maximum Gasteiger partial charge on any atom is 0.189 e. The van der Waals surface area contributed by atoms with Crippen LogP contribution < -0.4 is 0 Å². The largest absolute Gasteiger partial charge is 0.464 e. The van der Waals surface area contributed by atoms with Crippen LogP contribution in [0, 0.1) is 0 Å². The predicted octanol–water partition coefficient (Wildman–Crippen LogP) is 4.28. The summed E-state index contributed by atoms with van der Waals surface area (Å²) in [5.41, 5.74) is 2.34. The summed E-state index contributed by atoms with van der Waals surface area (Å²) < 4.78 is 5.37. The topological polar surface area (TPSA) is 43.1 Å². The van der Waals surface area contributed by atoms with Gasteiger partial charge in [0, 0.05) is 17.8 Å². The van der Waals surface area contributed by atoms with Gasteiger partial charge in [-0.25, -0.2) is 0 Å². The van der Waals surface area contributed by atoms with Crippen LogP contribution in [0.4, 0.5) is 0 Å². The lowest BCUT2D eigenvalue weighted by molar-refractivity contribution is 0.104. The Hall–Kier alpha value is -2.94. The molecule has 0 bridgehead atoms. The van der Waals surface area contributed by atoms with Gasteiger partial charge in [0.1, 0.15) is 11.8 Å². The number of benzene rings is 1. The second kappa shape index (κ2) is 6.01. The summed E-state index contributed by atoms with van der Waals surface area (Å²) in [6.07, 6.45) is 12.0. The number of para-hydroxylation sites is 1. The average molecular weight is 275 g/mol. The molecule has 0 atom stereocenters. The Kier molecular flexibility index (Phi) is 3.74. The molecule has 0 fully saturated rings. The Morgan fingerprint density at radius 1 is 1.05 bits per heavy atom. The van der Waals surface area contributed by atoms with Crippen molar-refractivity contribution < 1.29 is 9.21 Å². The first-order valence-corrected chi connectivity index (χ1v) is 6.60. The molecule has 3 rings (SSSR count). The minimum absolute atomic E-state index is 0.0701. The number of hydrogen-bond donors (Lipinski definition) is 0. The van der Waals surface area contributed by atoms with Crippen molar-refractivity contribution in [2.75, 3.05) is 0 Å². The van der Waals surface area contributed by atoms with Gasteiger partial charge >= 0.3 is 0 Å². The zero-order valence-electron chi connectivity index (χ0n) is 11.3. The number of carbonyl (C=O) groups excluding carboxylic acids is 1. The lowest BCUT2D eigenvalue weighted by Crippen LogP contribution is -1.91. The summed E-state index contributed by atoms with van der Waals surface area (Å²) in [6.45, 7) is 0. The number of carbonyl (C=O) groups is 1. The number of nitrogens with zero attached hydrogens (tertiary/aromatic N) is 1. The molecular formula is C18H13NO2. The molecule has 0 amide bonds. The Morgan fingerprint density at radius 3 is 2.71 bits per heavy atom. The summed E-state index contributed by atoms with van der Waals surface area (Å²) in [4.78, 5) is 16.1. The highest BCUT2D eigenvalue weighted by Crippen LogP contribution is 2.21. The first kappa shape index (κ1) is 13.1. The second-order valence-corrected chi connectivity index (χ2v) is 4.51. The Bertz CT molecular complexity index is 813. The summed E-state index contributed by atoms with van der Waals surface area (Å²) in [7, 11) is 0. The van der Waals surface area contributed by atoms with Crippen molar-refractivity contribution in [3.8, 4) is 0 Å². The van der Waals surface area contributed by atoms with E-state index in [2.05, 4.69) is 4.98 Å². The van der Waals surface area contributed by atoms with Crippen molar-refractivity contribution in [2.45, 2.75) is 0 Å². The van der Waals surface area contributed by atoms with Gasteiger partial charge in [0.15, 0.2) is 5.78 Å². The molecular weight excluding hydrogens is 262 g/mol. The van der Waals surface area contributed by atoms with Gasteiger partial charge in [-0.15, -0.1) is 0 Å². The average Bonchev–Trinajstić information content (AvgIpc) is 2.96. The first-order valence-electron chi connectivity index (χ1n) is 6.60. The highest BCUT2D eigenvalue weighted by atomic mass is 16.3. The number of aromatic nitrogens is 1. The van der Waals surface area contributed by atoms with E-state index >= 15 is 0 Å². The van der Waals surface area contributed by atoms with E-state index in [-0.39, 0.29) is 5.78 Å². The van der Waals surface area contributed by atoms with E-state index in [1.54, 1.807) is 18.5 Å². The molecule has 1 aromatic carbocycles. The molecule has 0 spiro atoms. The van der Waals surface area contributed by atoms with Gasteiger partial charge in [0.2, 0.25) is 0 Å². The number of fused-ring (bicyclic) bond motifs is 1. The Balaban J connectivity index is 1.74. The van der Waals surface area contributed by atoms with Crippen LogP contribution in [0.3, 0.4) is 0 Å². The number of allylic oxidation sites excluding steroid dienone is 3. The fourth-order valence-corrected chi connectivity index (χ4v) is 2.04. The van der Waals surface area contributed by atoms with Crippen molar-refractivity contribution in [2.24, 2.45) is 0 Å². The SMILES string of the molecule is O=C(/C=C/C=C/c1ccncc1)c1coc2ccccc12. The maximum atomic E-state index is 12.1. The van der Waals surface area contributed by atoms with Crippen LogP contribution in [0.25, 0.3) is 17.0 Å². The van der Waals surface area contributed by atoms with Crippen molar-refractivity contribution in [3.05, 3.63) is 84.4 Å². The third kappa shape index (κ3) is 2.98. The molecule has 0 saturated heterocycles. The van der Waals surface area contributed by atoms with Crippen LogP contribution >= 0.6 is 0 Å². The first-order chi connectivity index (χ1) is 10.3. The number of pyridine rings is 1. The van der Waals surface area contributed by atoms with Gasteiger partial charge in [0.05, 0.1) is 5.56 Å². The molecule has 0 unspecified atom stereocenters. The van der Waals surface area contributed by atoms with E-state index in [1.165, 1.54) is 12.3 Å². The van der Waals surface area contributed by atoms with Crippen LogP contribution in [-0.2, 0) is 0 Å². The molecule has 2 heterocycles. The van der Waals surface area contributed by atoms with Gasteiger partial charge in [-0.1, -0.05) is 36.4 Å². The van der Waals surface area contributed by atoms with E-state index < -0.39 is 0 Å². The summed E-state index contributed by atoms with van der Waals surface area (Å²) >= 11 is 0. The summed E-state index contributed by atoms with van der Waals surface area (Å²) in [5.74, 6) is -0.0701. The normalized spacial score (nSPS) is 11.6. The van der Waals surface area contributed by atoms with Gasteiger partial charge in [-0.3, -0.25) is 9.78 Å². The van der Waals surface area contributed by atoms with Gasteiger partial charge in [0.25, 0.3) is 0 Å². The highest BCUT2D eigenvalue weighted by molar-refractivity contribution is 6.12. The monoisotopic (exact) mass is 275 g/mol. The van der Waals surface area contributed by atoms with Gasteiger partial charge < -0.3 is 4.42 Å². The van der Waals surface area contributed by atoms with E-state index in [1.807, 2.05) is 48.6 Å². The van der Waals surface area contributed by atoms with Gasteiger partial charge in [-0.2, -0.15) is 0 Å². The molecule has 0 aliphatic carbocycles. The van der Waals surface area contributed by atoms with Crippen molar-refractivity contribution >= 4 is 22.8 Å². The third-order valence-electron chi connectivity index (χ3n) is 3.10. The lowest BCUT2D eigenvalue weighted by Gasteiger charge is -1.91. The van der Waals surface area contributed by atoms with E-state index in [0.29, 0.717) is 5.56 Å². The molecule has 2 aromatic heterocycles. The van der Waals surface area contributed by atoms with Crippen molar-refractivity contribution in [1.29, 1.82) is 0 Å².